The molecule has 0 radical (unpaired) electrons. The Bertz CT molecular complexity index is 211. The van der Waals surface area contributed by atoms with Crippen molar-refractivity contribution in [1.29, 1.82) is 0 Å². The summed E-state index contributed by atoms with van der Waals surface area (Å²) in [5, 5.41) is 3.72. The van der Waals surface area contributed by atoms with E-state index in [4.69, 9.17) is 4.74 Å². The largest absolute Gasteiger partial charge is 0.383 e. The van der Waals surface area contributed by atoms with Gasteiger partial charge in [-0.05, 0) is 51.7 Å². The minimum absolute atomic E-state index is 0.279. The molecule has 0 amide bonds. The van der Waals surface area contributed by atoms with Gasteiger partial charge in [-0.1, -0.05) is 20.8 Å². The first-order valence-corrected chi connectivity index (χ1v) is 7.72. The number of nitrogens with one attached hydrogen (secondary N) is 1. The second kappa shape index (κ2) is 8.13. The normalized spacial score (nSPS) is 19.3. The summed E-state index contributed by atoms with van der Waals surface area (Å²) < 4.78 is 5.48. The predicted octanol–water partition coefficient (Wildman–Crippen LogP) is 2.66. The van der Waals surface area contributed by atoms with Gasteiger partial charge in [-0.3, -0.25) is 4.90 Å². The van der Waals surface area contributed by atoms with Crippen LogP contribution in [0.3, 0.4) is 0 Å². The standard InChI is InChI=1S/C15H32N2O/c1-5-10-16-14(13-18-4)15(6-2,7-3)17-11-8-9-12-17/h14,16H,5-13H2,1-4H3. The zero-order valence-electron chi connectivity index (χ0n) is 12.8. The highest BCUT2D eigenvalue weighted by Gasteiger charge is 2.41. The number of rotatable bonds is 9. The van der Waals surface area contributed by atoms with Gasteiger partial charge in [0, 0.05) is 18.7 Å². The molecule has 3 heteroatoms. The zero-order valence-corrected chi connectivity index (χ0v) is 12.8. The molecular formula is C15H32N2O. The Balaban J connectivity index is 2.81. The third-order valence-electron chi connectivity index (χ3n) is 4.58. The smallest absolute Gasteiger partial charge is 0.0633 e. The summed E-state index contributed by atoms with van der Waals surface area (Å²) in [5.41, 5.74) is 0.279. The molecular weight excluding hydrogens is 224 g/mol. The molecule has 1 unspecified atom stereocenters. The van der Waals surface area contributed by atoms with E-state index in [-0.39, 0.29) is 5.54 Å². The highest BCUT2D eigenvalue weighted by atomic mass is 16.5. The first kappa shape index (κ1) is 15.9. The van der Waals surface area contributed by atoms with E-state index in [0.717, 1.165) is 13.2 Å². The summed E-state index contributed by atoms with van der Waals surface area (Å²) in [7, 11) is 1.82. The van der Waals surface area contributed by atoms with Gasteiger partial charge in [-0.15, -0.1) is 0 Å². The molecule has 0 spiro atoms. The maximum absolute atomic E-state index is 5.48. The zero-order chi connectivity index (χ0) is 13.4. The number of likely N-dealkylation sites (tertiary alicyclic amines) is 1. The van der Waals surface area contributed by atoms with Crippen LogP contribution in [0.5, 0.6) is 0 Å². The molecule has 1 atom stereocenters. The van der Waals surface area contributed by atoms with E-state index in [1.807, 2.05) is 7.11 Å². The Kier molecular flexibility index (Phi) is 7.20. The lowest BCUT2D eigenvalue weighted by Crippen LogP contribution is -2.61. The number of nitrogens with zero attached hydrogens (tertiary/aromatic N) is 1. The molecule has 0 aliphatic carbocycles. The van der Waals surface area contributed by atoms with Crippen LogP contribution in [-0.4, -0.2) is 49.8 Å². The van der Waals surface area contributed by atoms with Crippen LogP contribution in [-0.2, 0) is 4.74 Å². The third kappa shape index (κ3) is 3.46. The molecule has 1 saturated heterocycles. The Morgan fingerprint density at radius 3 is 2.22 bits per heavy atom. The highest BCUT2D eigenvalue weighted by Crippen LogP contribution is 2.31. The Labute approximate surface area is 113 Å². The fourth-order valence-electron chi connectivity index (χ4n) is 3.46. The molecule has 0 bridgehead atoms. The third-order valence-corrected chi connectivity index (χ3v) is 4.58. The summed E-state index contributed by atoms with van der Waals surface area (Å²) in [4.78, 5) is 2.71. The first-order valence-electron chi connectivity index (χ1n) is 7.72. The summed E-state index contributed by atoms with van der Waals surface area (Å²) >= 11 is 0. The van der Waals surface area contributed by atoms with Crippen molar-refractivity contribution in [2.45, 2.75) is 64.5 Å². The van der Waals surface area contributed by atoms with Crippen LogP contribution in [0.25, 0.3) is 0 Å². The number of ether oxygens (including phenoxy) is 1. The Hall–Kier alpha value is -0.120. The van der Waals surface area contributed by atoms with Crippen molar-refractivity contribution in [3.05, 3.63) is 0 Å². The highest BCUT2D eigenvalue weighted by molar-refractivity contribution is 5.00. The number of hydrogen-bond donors (Lipinski definition) is 1. The van der Waals surface area contributed by atoms with Crippen LogP contribution < -0.4 is 5.32 Å². The van der Waals surface area contributed by atoms with Crippen molar-refractivity contribution in [2.75, 3.05) is 33.4 Å². The van der Waals surface area contributed by atoms with E-state index in [0.29, 0.717) is 6.04 Å². The monoisotopic (exact) mass is 256 g/mol. The van der Waals surface area contributed by atoms with Crippen LogP contribution in [0, 0.1) is 0 Å². The number of hydrogen-bond acceptors (Lipinski definition) is 3. The molecule has 1 heterocycles. The van der Waals surface area contributed by atoms with Crippen LogP contribution in [0.2, 0.25) is 0 Å². The lowest BCUT2D eigenvalue weighted by Gasteiger charge is -2.47. The molecule has 0 saturated carbocycles. The molecule has 1 fully saturated rings. The fourth-order valence-corrected chi connectivity index (χ4v) is 3.46. The molecule has 18 heavy (non-hydrogen) atoms. The van der Waals surface area contributed by atoms with Crippen molar-refractivity contribution >= 4 is 0 Å². The molecule has 1 rings (SSSR count). The van der Waals surface area contributed by atoms with Crippen LogP contribution in [0.1, 0.15) is 52.9 Å². The summed E-state index contributed by atoms with van der Waals surface area (Å²) in [6, 6.07) is 0.454. The van der Waals surface area contributed by atoms with E-state index in [9.17, 15) is 0 Å². The van der Waals surface area contributed by atoms with E-state index < -0.39 is 0 Å². The average Bonchev–Trinajstić information content (AvgIpc) is 2.92. The molecule has 0 aromatic heterocycles. The van der Waals surface area contributed by atoms with E-state index in [2.05, 4.69) is 31.0 Å². The predicted molar refractivity (Wildman–Crippen MR) is 78.1 cm³/mol. The van der Waals surface area contributed by atoms with Crippen molar-refractivity contribution in [2.24, 2.45) is 0 Å². The van der Waals surface area contributed by atoms with Gasteiger partial charge in [0.05, 0.1) is 6.61 Å². The van der Waals surface area contributed by atoms with Crippen molar-refractivity contribution in [3.63, 3.8) is 0 Å². The van der Waals surface area contributed by atoms with E-state index in [1.54, 1.807) is 0 Å². The number of methoxy groups -OCH3 is 1. The average molecular weight is 256 g/mol. The summed E-state index contributed by atoms with van der Waals surface area (Å²) in [6.07, 6.45) is 6.30. The van der Waals surface area contributed by atoms with Gasteiger partial charge in [0.1, 0.15) is 0 Å². The van der Waals surface area contributed by atoms with Gasteiger partial charge in [0.2, 0.25) is 0 Å². The fraction of sp³-hybridized carbons (Fsp3) is 1.00. The lowest BCUT2D eigenvalue weighted by atomic mass is 9.83. The minimum atomic E-state index is 0.279. The minimum Gasteiger partial charge on any atom is -0.383 e. The summed E-state index contributed by atoms with van der Waals surface area (Å²) in [5.74, 6) is 0. The van der Waals surface area contributed by atoms with Gasteiger partial charge in [-0.2, -0.15) is 0 Å². The second-order valence-electron chi connectivity index (χ2n) is 5.47. The van der Waals surface area contributed by atoms with Crippen molar-refractivity contribution in [3.8, 4) is 0 Å². The van der Waals surface area contributed by atoms with Crippen LogP contribution in [0.4, 0.5) is 0 Å². The van der Waals surface area contributed by atoms with Gasteiger partial charge in [0.25, 0.3) is 0 Å². The molecule has 108 valence electrons. The van der Waals surface area contributed by atoms with Gasteiger partial charge in [-0.25, -0.2) is 0 Å². The maximum atomic E-state index is 5.48. The lowest BCUT2D eigenvalue weighted by molar-refractivity contribution is 0.0243. The Morgan fingerprint density at radius 1 is 1.17 bits per heavy atom. The summed E-state index contributed by atoms with van der Waals surface area (Å²) in [6.45, 7) is 11.3. The SMILES string of the molecule is CCCNC(COC)C(CC)(CC)N1CCCC1. The van der Waals surface area contributed by atoms with Crippen molar-refractivity contribution < 1.29 is 4.74 Å². The molecule has 0 aromatic carbocycles. The van der Waals surface area contributed by atoms with Crippen molar-refractivity contribution in [1.82, 2.24) is 10.2 Å². The molecule has 1 N–H and O–H groups in total. The first-order chi connectivity index (χ1) is 8.75. The van der Waals surface area contributed by atoms with Crippen LogP contribution in [0.15, 0.2) is 0 Å². The maximum Gasteiger partial charge on any atom is 0.0633 e. The van der Waals surface area contributed by atoms with Gasteiger partial charge in [0.15, 0.2) is 0 Å². The molecule has 3 nitrogen and oxygen atoms in total. The molecule has 0 aromatic rings. The Morgan fingerprint density at radius 2 is 1.78 bits per heavy atom. The van der Waals surface area contributed by atoms with E-state index in [1.165, 1.54) is 45.2 Å². The quantitative estimate of drug-likeness (QED) is 0.686. The van der Waals surface area contributed by atoms with Gasteiger partial charge >= 0.3 is 0 Å². The van der Waals surface area contributed by atoms with Crippen LogP contribution >= 0.6 is 0 Å². The van der Waals surface area contributed by atoms with E-state index >= 15 is 0 Å². The van der Waals surface area contributed by atoms with Gasteiger partial charge < -0.3 is 10.1 Å². The molecule has 1 aliphatic rings. The second-order valence-corrected chi connectivity index (χ2v) is 5.47. The topological polar surface area (TPSA) is 24.5 Å². The molecule has 1 aliphatic heterocycles.